The van der Waals surface area contributed by atoms with Crippen molar-refractivity contribution in [1.82, 2.24) is 44.9 Å². The Morgan fingerprint density at radius 2 is 0.436 bits per heavy atom. The standard InChI is InChI=1S/5C13H8NS.C11H9N.3C11H8N.C5H8O2.3Ir/c5*1-2-7-12-10(5-1)9-13(15-12)11-6-3-4-8-14-11;4*1-2-6-10(7-3-1)11-8-4-5-9-12-11;1-4(6)3-5(2)7;;;/h5*1-8H;1-9H;3*1-6,8-9H;3,6H,1-2H3;;;/q5*-1;;3*-1;;;2*+3. The first-order chi connectivity index (χ1) is 64.2. The SMILES string of the molecule is CC(=O)C=C(C)O.[Ir+3].[Ir+3].[Ir].[c-]1c(-c2ccccn2)sc2ccccc12.[c-]1c(-c2ccccn2)sc2ccccc12.[c-]1c(-c2ccccn2)sc2ccccc12.[c-]1c(-c2ccccn2)sc2ccccc12.[c-]1c(-c2ccccn2)sc2ccccc12.[c-]1ccccc1-c1ccccn1.[c-]1ccccc1-c1ccccn1.[c-]1ccccc1-c1ccccn1.c1ccc(-c2ccccn2)cc1. The number of carbonyl (C=O) groups excluding carboxylic acids is 1. The number of hydrogen-bond acceptors (Lipinski definition) is 16. The van der Waals surface area contributed by atoms with Crippen molar-refractivity contribution in [1.29, 1.82) is 0 Å². The van der Waals surface area contributed by atoms with E-state index >= 15 is 0 Å². The van der Waals surface area contributed by atoms with Gasteiger partial charge in [-0.05, 0) is 139 Å². The van der Waals surface area contributed by atoms with Gasteiger partial charge in [-0.3, -0.25) is 9.78 Å². The molecule has 653 valence electrons. The van der Waals surface area contributed by atoms with Crippen LogP contribution in [0.2, 0.25) is 0 Å². The fourth-order valence-corrected chi connectivity index (χ4v) is 17.2. The Bertz CT molecular complexity index is 6000. The van der Waals surface area contributed by atoms with Gasteiger partial charge in [0.05, 0.1) is 11.5 Å². The molecule has 9 aromatic carbocycles. The number of fused-ring (bicyclic) bond motifs is 5. The van der Waals surface area contributed by atoms with Gasteiger partial charge in [-0.15, -0.1) is 226 Å². The summed E-state index contributed by atoms with van der Waals surface area (Å²) in [7, 11) is 0. The molecule has 0 saturated heterocycles. The summed E-state index contributed by atoms with van der Waals surface area (Å²) in [6.07, 6.45) is 17.4. The number of aliphatic hydroxyl groups excluding tert-OH is 1. The van der Waals surface area contributed by atoms with Crippen molar-refractivity contribution in [3.63, 3.8) is 0 Å². The first-order valence-corrected chi connectivity index (χ1v) is 45.3. The topological polar surface area (TPSA) is 153 Å². The van der Waals surface area contributed by atoms with Crippen LogP contribution in [0.25, 0.3) is 148 Å². The molecule has 0 saturated carbocycles. The van der Waals surface area contributed by atoms with Crippen LogP contribution in [0.5, 0.6) is 0 Å². The van der Waals surface area contributed by atoms with E-state index in [0.717, 1.165) is 97.9 Å². The molecule has 0 fully saturated rings. The van der Waals surface area contributed by atoms with Crippen LogP contribution in [-0.2, 0) is 65.1 Å². The van der Waals surface area contributed by atoms with E-state index in [0.29, 0.717) is 0 Å². The molecule has 0 aliphatic carbocycles. The van der Waals surface area contributed by atoms with Crippen molar-refractivity contribution in [3.05, 3.63) is 504 Å². The summed E-state index contributed by atoms with van der Waals surface area (Å²) in [5.41, 5.74) is 13.2. The summed E-state index contributed by atoms with van der Waals surface area (Å²) in [4.78, 5) is 54.1. The first-order valence-electron chi connectivity index (χ1n) is 41.3. The van der Waals surface area contributed by atoms with Gasteiger partial charge in [-0.1, -0.05) is 194 Å². The van der Waals surface area contributed by atoms with Crippen molar-refractivity contribution in [2.24, 2.45) is 0 Å². The maximum Gasteiger partial charge on any atom is 3.00 e. The Kier molecular flexibility index (Phi) is 41.2. The molecule has 14 aromatic heterocycles. The fourth-order valence-electron chi connectivity index (χ4n) is 12.3. The van der Waals surface area contributed by atoms with Crippen molar-refractivity contribution >= 4 is 113 Å². The molecule has 1 radical (unpaired) electrons. The number of thiophene rings is 5. The number of pyridine rings is 9. The van der Waals surface area contributed by atoms with Gasteiger partial charge < -0.3 is 45.0 Å². The van der Waals surface area contributed by atoms with Crippen molar-refractivity contribution in [2.45, 2.75) is 13.8 Å². The number of aliphatic hydroxyl groups is 1. The Morgan fingerprint density at radius 1 is 0.241 bits per heavy atom. The molecule has 23 aromatic rings. The van der Waals surface area contributed by atoms with E-state index in [1.165, 1.54) is 70.4 Å². The molecular formula is C114H81Ir3N9O2S5-2. The van der Waals surface area contributed by atoms with E-state index < -0.39 is 0 Å². The Balaban J connectivity index is 0.000000143. The molecule has 0 aliphatic rings. The molecule has 0 atom stereocenters. The number of rotatable bonds is 10. The molecule has 0 aliphatic heterocycles. The second kappa shape index (κ2) is 54.8. The molecule has 0 unspecified atom stereocenters. The van der Waals surface area contributed by atoms with Crippen LogP contribution in [-0.4, -0.2) is 55.7 Å². The number of benzene rings is 9. The van der Waals surface area contributed by atoms with Crippen molar-refractivity contribution < 1.29 is 70.2 Å². The molecule has 0 spiro atoms. The summed E-state index contributed by atoms with van der Waals surface area (Å²) >= 11 is 8.66. The third kappa shape index (κ3) is 31.5. The summed E-state index contributed by atoms with van der Waals surface area (Å²) in [6, 6.07) is 155. The zero-order valence-electron chi connectivity index (χ0n) is 71.6. The molecule has 1 N–H and O–H groups in total. The third-order valence-electron chi connectivity index (χ3n) is 18.3. The summed E-state index contributed by atoms with van der Waals surface area (Å²) in [6.45, 7) is 2.85. The quantitative estimate of drug-likeness (QED) is 0.0791. The number of nitrogens with zero attached hydrogens (tertiary/aromatic N) is 9. The minimum absolute atomic E-state index is 0. The Morgan fingerprint density at radius 3 is 0.617 bits per heavy atom. The number of allylic oxidation sites excluding steroid dienone is 2. The number of hydrogen-bond donors (Lipinski definition) is 1. The number of carbonyl (C=O) groups is 1. The van der Waals surface area contributed by atoms with Crippen LogP contribution >= 0.6 is 56.7 Å². The summed E-state index contributed by atoms with van der Waals surface area (Å²) < 4.78 is 6.31. The smallest absolute Gasteiger partial charge is 0.512 e. The van der Waals surface area contributed by atoms with E-state index in [4.69, 9.17) is 5.11 Å². The van der Waals surface area contributed by atoms with E-state index in [-0.39, 0.29) is 71.9 Å². The zero-order chi connectivity index (χ0) is 89.2. The van der Waals surface area contributed by atoms with E-state index in [9.17, 15) is 4.79 Å². The predicted molar refractivity (Wildman–Crippen MR) is 542 cm³/mol. The van der Waals surface area contributed by atoms with Crippen molar-refractivity contribution in [3.8, 4) is 97.9 Å². The van der Waals surface area contributed by atoms with Crippen LogP contribution in [0.3, 0.4) is 0 Å². The third-order valence-corrected chi connectivity index (χ3v) is 23.8. The summed E-state index contributed by atoms with van der Waals surface area (Å²) in [5.74, 6) is -0.0625. The second-order valence-corrected chi connectivity index (χ2v) is 33.0. The molecular weight excluding hydrogens is 2260 g/mol. The largest absolute Gasteiger partial charge is 3.00 e. The fraction of sp³-hybridized carbons (Fsp3) is 0.0175. The van der Waals surface area contributed by atoms with Gasteiger partial charge in [-0.25, -0.2) is 56.7 Å². The molecule has 19 heteroatoms. The molecule has 11 nitrogen and oxygen atoms in total. The average molecular weight is 2350 g/mol. The van der Waals surface area contributed by atoms with Crippen LogP contribution in [0.15, 0.2) is 456 Å². The van der Waals surface area contributed by atoms with Gasteiger partial charge in [-0.2, -0.15) is 0 Å². The van der Waals surface area contributed by atoms with Gasteiger partial charge in [0, 0.05) is 116 Å². The van der Waals surface area contributed by atoms with E-state index in [1.807, 2.05) is 322 Å². The van der Waals surface area contributed by atoms with Crippen LogP contribution in [0.4, 0.5) is 0 Å². The predicted octanol–water partition coefficient (Wildman–Crippen LogP) is 30.2. The Hall–Kier alpha value is -13.7. The number of aromatic nitrogens is 9. The second-order valence-electron chi connectivity index (χ2n) is 27.8. The van der Waals surface area contributed by atoms with Crippen LogP contribution in [0, 0.1) is 48.5 Å². The molecule has 0 bridgehead atoms. The molecule has 14 heterocycles. The van der Waals surface area contributed by atoms with Gasteiger partial charge in [0.1, 0.15) is 0 Å². The Labute approximate surface area is 836 Å². The van der Waals surface area contributed by atoms with E-state index in [2.05, 4.69) is 197 Å². The molecule has 0 amide bonds. The van der Waals surface area contributed by atoms with Crippen LogP contribution < -0.4 is 0 Å². The zero-order valence-corrected chi connectivity index (χ0v) is 82.9. The monoisotopic (exact) mass is 2350 g/mol. The average Bonchev–Trinajstić information content (AvgIpc) is 1.70. The first kappa shape index (κ1) is 99.9. The minimum atomic E-state index is -0.125. The van der Waals surface area contributed by atoms with Crippen LogP contribution in [0.1, 0.15) is 13.8 Å². The maximum absolute atomic E-state index is 10.0. The molecule has 23 rings (SSSR count). The normalized spacial score (nSPS) is 10.1. The maximum atomic E-state index is 10.0. The summed E-state index contributed by atoms with van der Waals surface area (Å²) in [5, 5.41) is 14.2. The van der Waals surface area contributed by atoms with Gasteiger partial charge in [0.2, 0.25) is 0 Å². The minimum Gasteiger partial charge on any atom is -0.512 e. The van der Waals surface area contributed by atoms with E-state index in [1.54, 1.807) is 75.3 Å². The van der Waals surface area contributed by atoms with Gasteiger partial charge in [0.25, 0.3) is 0 Å². The number of ketones is 1. The van der Waals surface area contributed by atoms with Crippen molar-refractivity contribution in [2.75, 3.05) is 0 Å². The van der Waals surface area contributed by atoms with Gasteiger partial charge >= 0.3 is 40.2 Å². The molecule has 133 heavy (non-hydrogen) atoms. The van der Waals surface area contributed by atoms with Gasteiger partial charge in [0.15, 0.2) is 5.78 Å².